The van der Waals surface area contributed by atoms with Crippen LogP contribution in [0, 0.1) is 0 Å². The molecule has 0 aromatic carbocycles. The molecule has 0 bridgehead atoms. The maximum absolute atomic E-state index is 11.9. The van der Waals surface area contributed by atoms with Crippen LogP contribution in [0.2, 0.25) is 0 Å². The molecule has 9 heteroatoms. The van der Waals surface area contributed by atoms with Crippen molar-refractivity contribution in [3.05, 3.63) is 5.69 Å². The van der Waals surface area contributed by atoms with Crippen molar-refractivity contribution in [1.29, 1.82) is 0 Å². The highest BCUT2D eigenvalue weighted by molar-refractivity contribution is 8.00. The predicted molar refractivity (Wildman–Crippen MR) is 80.5 cm³/mol. The first-order chi connectivity index (χ1) is 9.19. The van der Waals surface area contributed by atoms with E-state index in [2.05, 4.69) is 15.2 Å². The molecule has 0 unspecified atom stereocenters. The molecule has 2 heterocycles. The van der Waals surface area contributed by atoms with Gasteiger partial charge in [0, 0.05) is 0 Å². The molecule has 0 atom stereocenters. The summed E-state index contributed by atoms with van der Waals surface area (Å²) in [5, 5.41) is 8.87. The van der Waals surface area contributed by atoms with Gasteiger partial charge in [0.25, 0.3) is 0 Å². The molecule has 0 amide bonds. The summed E-state index contributed by atoms with van der Waals surface area (Å²) in [5.41, 5.74) is 0.333. The minimum Gasteiger partial charge on any atom is -0.461 e. The number of nitrogens with zero attached hydrogens (tertiary/aromatic N) is 3. The smallest absolute Gasteiger partial charge is 0.358 e. The van der Waals surface area contributed by atoms with E-state index in [0.29, 0.717) is 17.3 Å². The number of hydrogen-bond acceptors (Lipinski definition) is 9. The highest BCUT2D eigenvalue weighted by Gasteiger charge is 2.23. The fraction of sp³-hybridized carbons (Fsp3) is 0.400. The van der Waals surface area contributed by atoms with E-state index in [1.54, 1.807) is 6.92 Å². The number of rotatable bonds is 5. The van der Waals surface area contributed by atoms with Gasteiger partial charge in [0.15, 0.2) is 19.4 Å². The molecule has 0 aliphatic heterocycles. The zero-order valence-corrected chi connectivity index (χ0v) is 13.8. The minimum atomic E-state index is -0.407. The van der Waals surface area contributed by atoms with E-state index in [-0.39, 0.29) is 0 Å². The number of ether oxygens (including phenoxy) is 1. The van der Waals surface area contributed by atoms with Gasteiger partial charge in [-0.15, -0.1) is 21.5 Å². The second-order valence-electron chi connectivity index (χ2n) is 3.16. The third-order valence-electron chi connectivity index (χ3n) is 2.03. The van der Waals surface area contributed by atoms with Crippen LogP contribution in [0.4, 0.5) is 0 Å². The number of carbonyl (C=O) groups is 1. The lowest BCUT2D eigenvalue weighted by Gasteiger charge is -1.98. The number of hydrogen-bond donors (Lipinski definition) is 0. The van der Waals surface area contributed by atoms with Crippen LogP contribution in [0.15, 0.2) is 8.68 Å². The van der Waals surface area contributed by atoms with Crippen molar-refractivity contribution >= 4 is 52.2 Å². The molecule has 0 radical (unpaired) electrons. The highest BCUT2D eigenvalue weighted by Crippen LogP contribution is 2.37. The van der Waals surface area contributed by atoms with Gasteiger partial charge in [-0.3, -0.25) is 0 Å². The predicted octanol–water partition coefficient (Wildman–Crippen LogP) is 3.28. The molecule has 0 saturated carbocycles. The second kappa shape index (κ2) is 6.69. The molecule has 2 aromatic rings. The van der Waals surface area contributed by atoms with Gasteiger partial charge in [0.05, 0.1) is 6.61 Å². The van der Waals surface area contributed by atoms with E-state index in [4.69, 9.17) is 4.74 Å². The van der Waals surface area contributed by atoms with Crippen molar-refractivity contribution < 1.29 is 9.53 Å². The van der Waals surface area contributed by atoms with E-state index >= 15 is 0 Å². The van der Waals surface area contributed by atoms with Crippen LogP contribution in [-0.4, -0.2) is 40.3 Å². The van der Waals surface area contributed by atoms with Crippen LogP contribution >= 0.6 is 46.2 Å². The lowest BCUT2D eigenvalue weighted by atomic mass is 10.4. The Bertz CT molecular complexity index is 581. The highest BCUT2D eigenvalue weighted by atomic mass is 32.2. The average molecular weight is 333 g/mol. The molecule has 0 N–H and O–H groups in total. The Labute approximate surface area is 127 Å². The summed E-state index contributed by atoms with van der Waals surface area (Å²) in [4.78, 5) is 16.9. The van der Waals surface area contributed by atoms with Gasteiger partial charge in [0.1, 0.15) is 4.88 Å². The molecule has 0 aliphatic rings. The van der Waals surface area contributed by atoms with Gasteiger partial charge >= 0.3 is 5.97 Å². The summed E-state index contributed by atoms with van der Waals surface area (Å²) in [7, 11) is 0. The minimum absolute atomic E-state index is 0.330. The maximum Gasteiger partial charge on any atom is 0.358 e. The summed E-state index contributed by atoms with van der Waals surface area (Å²) < 4.78 is 6.71. The van der Waals surface area contributed by atoms with E-state index < -0.39 is 5.97 Å². The van der Waals surface area contributed by atoms with Gasteiger partial charge in [-0.1, -0.05) is 34.9 Å². The van der Waals surface area contributed by atoms with Crippen molar-refractivity contribution in [2.24, 2.45) is 0 Å². The van der Waals surface area contributed by atoms with Crippen LogP contribution in [-0.2, 0) is 4.74 Å². The third kappa shape index (κ3) is 3.28. The van der Waals surface area contributed by atoms with Crippen molar-refractivity contribution in [1.82, 2.24) is 15.2 Å². The van der Waals surface area contributed by atoms with Crippen LogP contribution in [0.1, 0.15) is 17.4 Å². The maximum atomic E-state index is 11.9. The summed E-state index contributed by atoms with van der Waals surface area (Å²) in [6, 6.07) is 0. The molecule has 2 aromatic heterocycles. The molecule has 102 valence electrons. The molecule has 5 nitrogen and oxygen atoms in total. The Balaban J connectivity index is 2.42. The Kier molecular flexibility index (Phi) is 5.20. The number of thiazole rings is 1. The summed E-state index contributed by atoms with van der Waals surface area (Å²) in [6.45, 7) is 2.10. The SMILES string of the molecule is CCOC(=O)c1nc(SC)sc1-c1nnc(SC)s1. The fourth-order valence-electron chi connectivity index (χ4n) is 1.25. The number of thioether (sulfide) groups is 2. The molecule has 0 aliphatic carbocycles. The Hall–Kier alpha value is -0.640. The van der Waals surface area contributed by atoms with Crippen LogP contribution in [0.25, 0.3) is 9.88 Å². The third-order valence-corrected chi connectivity index (χ3v) is 6.12. The lowest BCUT2D eigenvalue weighted by Crippen LogP contribution is -2.06. The Morgan fingerprint density at radius 2 is 1.95 bits per heavy atom. The molecule has 2 rings (SSSR count). The molecule has 0 saturated heterocycles. The summed E-state index contributed by atoms with van der Waals surface area (Å²) in [5.74, 6) is -0.407. The molecular weight excluding hydrogens is 322 g/mol. The van der Waals surface area contributed by atoms with Crippen LogP contribution in [0.5, 0.6) is 0 Å². The monoisotopic (exact) mass is 333 g/mol. The first-order valence-electron chi connectivity index (χ1n) is 5.29. The Morgan fingerprint density at radius 3 is 2.53 bits per heavy atom. The molecule has 0 spiro atoms. The summed E-state index contributed by atoms with van der Waals surface area (Å²) >= 11 is 5.92. The van der Waals surface area contributed by atoms with Gasteiger partial charge in [-0.2, -0.15) is 0 Å². The van der Waals surface area contributed by atoms with Gasteiger partial charge < -0.3 is 4.74 Å². The van der Waals surface area contributed by atoms with E-state index in [1.165, 1.54) is 46.2 Å². The van der Waals surface area contributed by atoms with Gasteiger partial charge in [0.2, 0.25) is 0 Å². The van der Waals surface area contributed by atoms with Crippen molar-refractivity contribution in [3.8, 4) is 9.88 Å². The molecule has 19 heavy (non-hydrogen) atoms. The lowest BCUT2D eigenvalue weighted by molar-refractivity contribution is 0.0521. The quantitative estimate of drug-likeness (QED) is 0.614. The van der Waals surface area contributed by atoms with Gasteiger partial charge in [-0.25, -0.2) is 9.78 Å². The normalized spacial score (nSPS) is 10.7. The van der Waals surface area contributed by atoms with Crippen LogP contribution in [0.3, 0.4) is 0 Å². The number of aromatic nitrogens is 3. The molecular formula is C10H11N3O2S4. The van der Waals surface area contributed by atoms with Crippen LogP contribution < -0.4 is 0 Å². The van der Waals surface area contributed by atoms with E-state index in [1.807, 2.05) is 12.5 Å². The number of carbonyl (C=O) groups excluding carboxylic acids is 1. The zero-order chi connectivity index (χ0) is 13.8. The van der Waals surface area contributed by atoms with E-state index in [9.17, 15) is 4.79 Å². The first kappa shape index (κ1) is 14.8. The van der Waals surface area contributed by atoms with Crippen molar-refractivity contribution in [3.63, 3.8) is 0 Å². The Morgan fingerprint density at radius 1 is 1.21 bits per heavy atom. The standard InChI is InChI=1S/C10H11N3O2S4/c1-4-15-8(14)5-6(18-9(11-5)16-2)7-12-13-10(17-3)19-7/h4H2,1-3H3. The first-order valence-corrected chi connectivity index (χ1v) is 9.37. The van der Waals surface area contributed by atoms with Crippen molar-refractivity contribution in [2.75, 3.05) is 19.1 Å². The average Bonchev–Trinajstić information content (AvgIpc) is 3.05. The van der Waals surface area contributed by atoms with E-state index in [0.717, 1.165) is 13.6 Å². The fourth-order valence-corrected chi connectivity index (χ4v) is 4.15. The van der Waals surface area contributed by atoms with Gasteiger partial charge in [-0.05, 0) is 19.4 Å². The van der Waals surface area contributed by atoms with Crippen molar-refractivity contribution in [2.45, 2.75) is 15.6 Å². The zero-order valence-electron chi connectivity index (χ0n) is 10.5. The summed E-state index contributed by atoms with van der Waals surface area (Å²) in [6.07, 6.45) is 3.86. The topological polar surface area (TPSA) is 65.0 Å². The number of esters is 1. The molecule has 0 fully saturated rings. The second-order valence-corrected chi connectivity index (χ2v) is 7.24. The largest absolute Gasteiger partial charge is 0.461 e.